The van der Waals surface area contributed by atoms with Crippen molar-refractivity contribution in [3.63, 3.8) is 0 Å². The Morgan fingerprint density at radius 1 is 0.973 bits per heavy atom. The van der Waals surface area contributed by atoms with Crippen LogP contribution in [-0.4, -0.2) is 49.7 Å². The molecule has 0 aliphatic carbocycles. The van der Waals surface area contributed by atoms with Gasteiger partial charge in [0, 0.05) is 23.4 Å². The number of nitrogens with one attached hydrogen (secondary N) is 1. The molecule has 0 atom stereocenters. The van der Waals surface area contributed by atoms with Crippen molar-refractivity contribution in [2.24, 2.45) is 0 Å². The molecule has 0 bridgehead atoms. The molecule has 0 aliphatic heterocycles. The first-order chi connectivity index (χ1) is 18.1. The van der Waals surface area contributed by atoms with Crippen molar-refractivity contribution in [2.45, 2.75) is 0 Å². The quantitative estimate of drug-likeness (QED) is 0.323. The average Bonchev–Trinajstić information content (AvgIpc) is 3.63. The predicted octanol–water partition coefficient (Wildman–Crippen LogP) is 4.18. The van der Waals surface area contributed by atoms with Crippen LogP contribution < -0.4 is 14.8 Å². The minimum Gasteiger partial charge on any atom is -0.493 e. The summed E-state index contributed by atoms with van der Waals surface area (Å²) in [6.07, 6.45) is 9.60. The summed E-state index contributed by atoms with van der Waals surface area (Å²) >= 11 is 0. The lowest BCUT2D eigenvalue weighted by molar-refractivity contribution is -0.111. The molecule has 3 aromatic heterocycles. The van der Waals surface area contributed by atoms with Crippen LogP contribution in [0.2, 0.25) is 0 Å². The molecule has 5 aromatic rings. The molecule has 0 saturated carbocycles. The number of benzene rings is 2. The number of carbonyl (C=O) groups is 1. The first-order valence-corrected chi connectivity index (χ1v) is 11.3. The lowest BCUT2D eigenvalue weighted by atomic mass is 10.1. The summed E-state index contributed by atoms with van der Waals surface area (Å²) in [5, 5.41) is 11.6. The molecule has 0 fully saturated rings. The first-order valence-electron chi connectivity index (χ1n) is 11.3. The maximum absolute atomic E-state index is 12.7. The van der Waals surface area contributed by atoms with Crippen molar-refractivity contribution in [1.29, 1.82) is 0 Å². The molecule has 2 aromatic carbocycles. The molecule has 5 rings (SSSR count). The number of hydrogen-bond acceptors (Lipinski definition) is 7. The van der Waals surface area contributed by atoms with Crippen LogP contribution in [0.1, 0.15) is 5.56 Å². The van der Waals surface area contributed by atoms with E-state index >= 15 is 0 Å². The zero-order chi connectivity index (χ0) is 25.6. The number of methoxy groups -OCH3 is 2. The summed E-state index contributed by atoms with van der Waals surface area (Å²) < 4.78 is 14.1. The normalized spacial score (nSPS) is 11.0. The maximum Gasteiger partial charge on any atom is 0.248 e. The Morgan fingerprint density at radius 2 is 1.81 bits per heavy atom. The van der Waals surface area contributed by atoms with Crippen molar-refractivity contribution >= 4 is 17.7 Å². The lowest BCUT2D eigenvalue weighted by Gasteiger charge is -2.09. The van der Waals surface area contributed by atoms with Gasteiger partial charge in [-0.3, -0.25) is 4.79 Å². The van der Waals surface area contributed by atoms with Gasteiger partial charge >= 0.3 is 0 Å². The molecule has 0 aliphatic rings. The van der Waals surface area contributed by atoms with E-state index in [0.717, 1.165) is 16.8 Å². The molecule has 0 spiro atoms. The Morgan fingerprint density at radius 3 is 2.51 bits per heavy atom. The third kappa shape index (κ3) is 5.22. The van der Waals surface area contributed by atoms with Gasteiger partial charge in [-0.25, -0.2) is 19.3 Å². The van der Waals surface area contributed by atoms with Crippen LogP contribution >= 0.6 is 0 Å². The molecule has 3 heterocycles. The zero-order valence-electron chi connectivity index (χ0n) is 20.1. The molecule has 184 valence electrons. The van der Waals surface area contributed by atoms with Gasteiger partial charge in [-0.2, -0.15) is 10.2 Å². The van der Waals surface area contributed by atoms with E-state index < -0.39 is 0 Å². The van der Waals surface area contributed by atoms with E-state index in [1.54, 1.807) is 49.6 Å². The third-order valence-electron chi connectivity index (χ3n) is 5.50. The Kier molecular flexibility index (Phi) is 6.71. The lowest BCUT2D eigenvalue weighted by Crippen LogP contribution is -2.08. The minimum absolute atomic E-state index is 0.305. The maximum atomic E-state index is 12.7. The molecule has 1 amide bonds. The van der Waals surface area contributed by atoms with Gasteiger partial charge in [-0.1, -0.05) is 18.2 Å². The molecule has 1 N–H and O–H groups in total. The van der Waals surface area contributed by atoms with Crippen LogP contribution in [0.15, 0.2) is 91.8 Å². The van der Waals surface area contributed by atoms with E-state index in [-0.39, 0.29) is 5.91 Å². The number of pyridine rings is 1. The molecular formula is C27H23N7O3. The summed E-state index contributed by atoms with van der Waals surface area (Å²) in [7, 11) is 3.18. The van der Waals surface area contributed by atoms with E-state index in [4.69, 9.17) is 14.6 Å². The molecule has 10 heteroatoms. The summed E-state index contributed by atoms with van der Waals surface area (Å²) in [6, 6.07) is 18.8. The van der Waals surface area contributed by atoms with E-state index in [9.17, 15) is 4.79 Å². The Hall–Kier alpha value is -5.25. The number of anilines is 1. The number of ether oxygens (including phenoxy) is 2. The van der Waals surface area contributed by atoms with Crippen LogP contribution in [0.25, 0.3) is 28.8 Å². The molecule has 0 unspecified atom stereocenters. The van der Waals surface area contributed by atoms with E-state index in [1.165, 1.54) is 17.1 Å². The highest BCUT2D eigenvalue weighted by Gasteiger charge is 2.14. The monoisotopic (exact) mass is 493 g/mol. The van der Waals surface area contributed by atoms with Gasteiger partial charge in [0.25, 0.3) is 0 Å². The fraction of sp³-hybridized carbons (Fsp3) is 0.0741. The highest BCUT2D eigenvalue weighted by atomic mass is 16.5. The predicted molar refractivity (Wildman–Crippen MR) is 139 cm³/mol. The van der Waals surface area contributed by atoms with Gasteiger partial charge in [0.05, 0.1) is 31.8 Å². The number of nitrogens with zero attached hydrogens (tertiary/aromatic N) is 6. The fourth-order valence-electron chi connectivity index (χ4n) is 3.70. The second-order valence-corrected chi connectivity index (χ2v) is 7.85. The van der Waals surface area contributed by atoms with Crippen LogP contribution in [0, 0.1) is 0 Å². The Bertz CT molecular complexity index is 1530. The Balaban J connectivity index is 1.41. The highest BCUT2D eigenvalue weighted by Crippen LogP contribution is 2.33. The van der Waals surface area contributed by atoms with Crippen molar-refractivity contribution in [3.05, 3.63) is 97.4 Å². The van der Waals surface area contributed by atoms with Crippen molar-refractivity contribution in [3.8, 4) is 34.3 Å². The van der Waals surface area contributed by atoms with Crippen LogP contribution in [-0.2, 0) is 4.79 Å². The summed E-state index contributed by atoms with van der Waals surface area (Å²) in [4.78, 5) is 20.9. The summed E-state index contributed by atoms with van der Waals surface area (Å²) in [6.45, 7) is 0. The van der Waals surface area contributed by atoms with E-state index in [0.29, 0.717) is 28.7 Å². The van der Waals surface area contributed by atoms with E-state index in [1.807, 2.05) is 54.7 Å². The number of carbonyl (C=O) groups excluding carboxylic acids is 1. The topological polar surface area (TPSA) is 109 Å². The van der Waals surface area contributed by atoms with E-state index in [2.05, 4.69) is 20.4 Å². The van der Waals surface area contributed by atoms with Crippen molar-refractivity contribution in [1.82, 2.24) is 29.5 Å². The highest BCUT2D eigenvalue weighted by molar-refractivity contribution is 6.02. The molecule has 0 saturated heterocycles. The first kappa shape index (κ1) is 23.5. The van der Waals surface area contributed by atoms with Crippen molar-refractivity contribution < 1.29 is 14.3 Å². The zero-order valence-corrected chi connectivity index (χ0v) is 20.1. The second-order valence-electron chi connectivity index (χ2n) is 7.85. The third-order valence-corrected chi connectivity index (χ3v) is 5.50. The van der Waals surface area contributed by atoms with Gasteiger partial charge in [0.2, 0.25) is 5.91 Å². The largest absolute Gasteiger partial charge is 0.493 e. The second kappa shape index (κ2) is 10.6. The van der Waals surface area contributed by atoms with Gasteiger partial charge in [-0.05, 0) is 48.5 Å². The number of hydrogen-bond donors (Lipinski definition) is 1. The number of aromatic nitrogens is 6. The minimum atomic E-state index is -0.305. The average molecular weight is 494 g/mol. The van der Waals surface area contributed by atoms with Crippen molar-refractivity contribution in [2.75, 3.05) is 19.5 Å². The van der Waals surface area contributed by atoms with Gasteiger partial charge in [-0.15, -0.1) is 0 Å². The number of amides is 1. The SMILES string of the molecule is COc1ccc(-c2nn(-c3ccccc3)cc2/C=C/C(=O)Nc2ccc(-n3cncn3)nc2)cc1OC. The standard InChI is InChI=1S/C27H23N7O3/c1-36-23-11-8-19(14-24(23)37-2)27-20(16-33(32-27)22-6-4-3-5-7-22)9-13-26(35)31-21-10-12-25(29-15-21)34-18-28-17-30-34/h3-18H,1-2H3,(H,31,35)/b13-9+. The molecule has 0 radical (unpaired) electrons. The van der Waals surface area contributed by atoms with Crippen LogP contribution in [0.4, 0.5) is 5.69 Å². The molecule has 10 nitrogen and oxygen atoms in total. The van der Waals surface area contributed by atoms with Gasteiger partial charge < -0.3 is 14.8 Å². The summed E-state index contributed by atoms with van der Waals surface area (Å²) in [5.74, 6) is 1.50. The fourth-order valence-corrected chi connectivity index (χ4v) is 3.70. The molecular weight excluding hydrogens is 470 g/mol. The molecule has 37 heavy (non-hydrogen) atoms. The Labute approximate surface area is 212 Å². The number of rotatable bonds is 8. The smallest absolute Gasteiger partial charge is 0.248 e. The summed E-state index contributed by atoms with van der Waals surface area (Å²) in [5.41, 5.74) is 3.71. The van der Waals surface area contributed by atoms with Crippen LogP contribution in [0.3, 0.4) is 0 Å². The van der Waals surface area contributed by atoms with Gasteiger partial charge in [0.1, 0.15) is 18.3 Å². The van der Waals surface area contributed by atoms with Gasteiger partial charge in [0.15, 0.2) is 17.3 Å². The number of para-hydroxylation sites is 1. The van der Waals surface area contributed by atoms with Crippen LogP contribution in [0.5, 0.6) is 11.5 Å².